The Kier molecular flexibility index (Phi) is 2.81. The van der Waals surface area contributed by atoms with Gasteiger partial charge >= 0.3 is 0 Å². The summed E-state index contributed by atoms with van der Waals surface area (Å²) in [4.78, 5) is 4.87. The molecule has 2 aromatic carbocycles. The van der Waals surface area contributed by atoms with Gasteiger partial charge in [0.15, 0.2) is 11.5 Å². The number of fused-ring (bicyclic) bond motifs is 7. The first kappa shape index (κ1) is 14.8. The second kappa shape index (κ2) is 4.75. The highest BCUT2D eigenvalue weighted by molar-refractivity contribution is 6.08. The van der Waals surface area contributed by atoms with E-state index in [9.17, 15) is 0 Å². The SMILES string of the molecule is COc1cc2ccc3c4c(cnc3c2cc1OC)[C@H](C)C1=CCC14C. The first-order valence-electron chi connectivity index (χ1n) is 8.77. The van der Waals surface area contributed by atoms with Crippen LogP contribution in [0.15, 0.2) is 42.1 Å². The molecule has 3 heteroatoms. The van der Waals surface area contributed by atoms with E-state index in [-0.39, 0.29) is 5.41 Å². The van der Waals surface area contributed by atoms with Crippen molar-refractivity contribution in [1.82, 2.24) is 4.98 Å². The minimum absolute atomic E-state index is 0.181. The minimum Gasteiger partial charge on any atom is -0.493 e. The lowest BCUT2D eigenvalue weighted by Crippen LogP contribution is -2.28. The molecule has 2 aliphatic carbocycles. The first-order chi connectivity index (χ1) is 12.1. The van der Waals surface area contributed by atoms with E-state index in [1.807, 2.05) is 12.1 Å². The molecule has 0 N–H and O–H groups in total. The average Bonchev–Trinajstić information content (AvgIpc) is 2.77. The van der Waals surface area contributed by atoms with Gasteiger partial charge in [0, 0.05) is 28.3 Å². The van der Waals surface area contributed by atoms with Gasteiger partial charge in [-0.1, -0.05) is 37.6 Å². The largest absolute Gasteiger partial charge is 0.493 e. The third kappa shape index (κ3) is 1.68. The third-order valence-corrected chi connectivity index (χ3v) is 6.24. The fourth-order valence-electron chi connectivity index (χ4n) is 4.87. The molecule has 1 aromatic heterocycles. The lowest BCUT2D eigenvalue weighted by Gasteiger charge is -2.36. The molecule has 1 unspecified atom stereocenters. The molecule has 2 atom stereocenters. The highest BCUT2D eigenvalue weighted by Crippen LogP contribution is 2.59. The Hall–Kier alpha value is -2.55. The first-order valence-corrected chi connectivity index (χ1v) is 8.77. The fraction of sp³-hybridized carbons (Fsp3) is 0.318. The molecule has 0 fully saturated rings. The Morgan fingerprint density at radius 3 is 2.52 bits per heavy atom. The molecule has 0 aliphatic heterocycles. The van der Waals surface area contributed by atoms with Crippen LogP contribution in [-0.4, -0.2) is 19.2 Å². The lowest BCUT2D eigenvalue weighted by molar-refractivity contribution is 0.356. The summed E-state index contributed by atoms with van der Waals surface area (Å²) in [6.45, 7) is 4.68. The lowest BCUT2D eigenvalue weighted by atomic mass is 9.67. The van der Waals surface area contributed by atoms with Gasteiger partial charge in [-0.2, -0.15) is 0 Å². The van der Waals surface area contributed by atoms with Gasteiger partial charge in [0.1, 0.15) is 0 Å². The summed E-state index contributed by atoms with van der Waals surface area (Å²) in [5.41, 5.74) is 5.65. The van der Waals surface area contributed by atoms with Crippen molar-refractivity contribution in [3.8, 4) is 11.5 Å². The molecule has 0 radical (unpaired) electrons. The van der Waals surface area contributed by atoms with Crippen molar-refractivity contribution >= 4 is 21.7 Å². The number of ether oxygens (including phenoxy) is 2. The van der Waals surface area contributed by atoms with Crippen molar-refractivity contribution < 1.29 is 9.47 Å². The maximum Gasteiger partial charge on any atom is 0.161 e. The standard InChI is InChI=1S/C22H21NO2/c1-12-16-11-23-21-14(20(16)22(2)8-7-17(12)22)6-5-13-9-18(24-3)19(25-4)10-15(13)21/h5-7,9-12H,8H2,1-4H3/t12-,22?/m0/s1. The van der Waals surface area contributed by atoms with E-state index in [1.165, 1.54) is 16.5 Å². The van der Waals surface area contributed by atoms with Crippen LogP contribution in [0.4, 0.5) is 0 Å². The summed E-state index contributed by atoms with van der Waals surface area (Å²) in [6, 6.07) is 8.49. The van der Waals surface area contributed by atoms with Crippen molar-refractivity contribution in [2.24, 2.45) is 0 Å². The van der Waals surface area contributed by atoms with Gasteiger partial charge in [-0.3, -0.25) is 4.98 Å². The van der Waals surface area contributed by atoms with Crippen LogP contribution in [-0.2, 0) is 5.41 Å². The van der Waals surface area contributed by atoms with Crippen LogP contribution in [0.3, 0.4) is 0 Å². The van der Waals surface area contributed by atoms with Crippen molar-refractivity contribution in [2.75, 3.05) is 14.2 Å². The molecule has 0 spiro atoms. The number of allylic oxidation sites excluding steroid dienone is 2. The van der Waals surface area contributed by atoms with E-state index < -0.39 is 0 Å². The summed E-state index contributed by atoms with van der Waals surface area (Å²) in [7, 11) is 3.34. The Morgan fingerprint density at radius 2 is 1.84 bits per heavy atom. The number of nitrogens with zero attached hydrogens (tertiary/aromatic N) is 1. The quantitative estimate of drug-likeness (QED) is 0.483. The monoisotopic (exact) mass is 331 g/mol. The Labute approximate surface area is 147 Å². The average molecular weight is 331 g/mol. The van der Waals surface area contributed by atoms with Crippen LogP contribution in [0.1, 0.15) is 37.3 Å². The van der Waals surface area contributed by atoms with E-state index in [2.05, 4.69) is 38.3 Å². The van der Waals surface area contributed by atoms with Gasteiger partial charge in [0.25, 0.3) is 0 Å². The Balaban J connectivity index is 1.88. The number of hydrogen-bond acceptors (Lipinski definition) is 3. The van der Waals surface area contributed by atoms with E-state index >= 15 is 0 Å². The summed E-state index contributed by atoms with van der Waals surface area (Å²) in [5.74, 6) is 1.97. The second-order valence-corrected chi connectivity index (χ2v) is 7.40. The van der Waals surface area contributed by atoms with Gasteiger partial charge in [-0.15, -0.1) is 0 Å². The third-order valence-electron chi connectivity index (χ3n) is 6.24. The number of methoxy groups -OCH3 is 2. The van der Waals surface area contributed by atoms with E-state index in [0.717, 1.165) is 34.2 Å². The van der Waals surface area contributed by atoms with Gasteiger partial charge in [-0.05, 0) is 35.1 Å². The summed E-state index contributed by atoms with van der Waals surface area (Å²) in [5, 5.41) is 3.51. The highest BCUT2D eigenvalue weighted by Gasteiger charge is 2.48. The molecule has 25 heavy (non-hydrogen) atoms. The molecule has 126 valence electrons. The van der Waals surface area contributed by atoms with Crippen LogP contribution < -0.4 is 9.47 Å². The van der Waals surface area contributed by atoms with Crippen molar-refractivity contribution in [1.29, 1.82) is 0 Å². The van der Waals surface area contributed by atoms with E-state index in [1.54, 1.807) is 19.8 Å². The molecular formula is C22H21NO2. The molecule has 5 rings (SSSR count). The van der Waals surface area contributed by atoms with E-state index in [4.69, 9.17) is 14.5 Å². The van der Waals surface area contributed by atoms with Gasteiger partial charge < -0.3 is 9.47 Å². The molecule has 2 aliphatic rings. The molecular weight excluding hydrogens is 310 g/mol. The number of pyridine rings is 1. The number of aromatic nitrogens is 1. The van der Waals surface area contributed by atoms with Crippen LogP contribution in [0.25, 0.3) is 21.7 Å². The predicted molar refractivity (Wildman–Crippen MR) is 101 cm³/mol. The van der Waals surface area contributed by atoms with Gasteiger partial charge in [0.05, 0.1) is 19.7 Å². The molecule has 3 nitrogen and oxygen atoms in total. The normalized spacial score (nSPS) is 23.8. The predicted octanol–water partition coefficient (Wildman–Crippen LogP) is 5.11. The van der Waals surface area contributed by atoms with Crippen molar-refractivity contribution in [3.05, 3.63) is 53.2 Å². The Morgan fingerprint density at radius 1 is 1.08 bits per heavy atom. The topological polar surface area (TPSA) is 31.4 Å². The molecule has 0 amide bonds. The maximum atomic E-state index is 5.51. The highest BCUT2D eigenvalue weighted by atomic mass is 16.5. The molecule has 0 saturated heterocycles. The zero-order valence-electron chi connectivity index (χ0n) is 15.0. The van der Waals surface area contributed by atoms with Crippen LogP contribution in [0, 0.1) is 0 Å². The van der Waals surface area contributed by atoms with Crippen molar-refractivity contribution in [3.63, 3.8) is 0 Å². The number of benzene rings is 2. The molecule has 0 saturated carbocycles. The number of rotatable bonds is 2. The zero-order valence-corrected chi connectivity index (χ0v) is 15.0. The number of hydrogen-bond donors (Lipinski definition) is 0. The molecule has 0 bridgehead atoms. The van der Waals surface area contributed by atoms with Crippen LogP contribution >= 0.6 is 0 Å². The van der Waals surface area contributed by atoms with Crippen LogP contribution in [0.2, 0.25) is 0 Å². The summed E-state index contributed by atoms with van der Waals surface area (Å²) in [6.07, 6.45) is 5.61. The summed E-state index contributed by atoms with van der Waals surface area (Å²) < 4.78 is 11.0. The van der Waals surface area contributed by atoms with Crippen LogP contribution in [0.5, 0.6) is 11.5 Å². The van der Waals surface area contributed by atoms with E-state index in [0.29, 0.717) is 5.92 Å². The second-order valence-electron chi connectivity index (χ2n) is 7.40. The summed E-state index contributed by atoms with van der Waals surface area (Å²) >= 11 is 0. The van der Waals surface area contributed by atoms with Crippen molar-refractivity contribution in [2.45, 2.75) is 31.6 Å². The zero-order chi connectivity index (χ0) is 17.3. The maximum absolute atomic E-state index is 5.51. The van der Waals surface area contributed by atoms with Gasteiger partial charge in [0.2, 0.25) is 0 Å². The Bertz CT molecular complexity index is 1080. The molecule has 1 heterocycles. The fourth-order valence-corrected chi connectivity index (χ4v) is 4.87. The van der Waals surface area contributed by atoms with Gasteiger partial charge in [-0.25, -0.2) is 0 Å². The molecule has 3 aromatic rings. The smallest absolute Gasteiger partial charge is 0.161 e. The minimum atomic E-state index is 0.181.